The summed E-state index contributed by atoms with van der Waals surface area (Å²) < 4.78 is 10.7. The molecule has 0 saturated carbocycles. The van der Waals surface area contributed by atoms with Crippen LogP contribution >= 0.6 is 0 Å². The molecule has 5 heteroatoms. The van der Waals surface area contributed by atoms with E-state index in [1.807, 2.05) is 55.5 Å². The maximum Gasteiger partial charge on any atom is 0.235 e. The smallest absolute Gasteiger partial charge is 0.235 e. The number of carbonyl (C=O) groups excluding carboxylic acids is 1. The Kier molecular flexibility index (Phi) is 5.46. The summed E-state index contributed by atoms with van der Waals surface area (Å²) in [6.07, 6.45) is 0.577. The van der Waals surface area contributed by atoms with Crippen LogP contribution in [0.4, 0.5) is 0 Å². The number of benzene rings is 2. The standard InChI is InChI=1S/C19H24N2O3/c1-19(17(20)18(21)22,12-13-7-5-4-6-8-13)14-9-10-15(23-2)16(11-14)24-3/h4-11,17H,12,20H2,1-3H3,(H2,21,22). The van der Waals surface area contributed by atoms with Crippen molar-refractivity contribution in [2.24, 2.45) is 11.5 Å². The quantitative estimate of drug-likeness (QED) is 0.814. The predicted octanol–water partition coefficient (Wildman–Crippen LogP) is 2.02. The molecular weight excluding hydrogens is 304 g/mol. The van der Waals surface area contributed by atoms with Crippen molar-refractivity contribution in [3.05, 3.63) is 59.7 Å². The van der Waals surface area contributed by atoms with Crippen LogP contribution in [0.15, 0.2) is 48.5 Å². The lowest BCUT2D eigenvalue weighted by molar-refractivity contribution is -0.120. The van der Waals surface area contributed by atoms with Crippen molar-refractivity contribution in [1.29, 1.82) is 0 Å². The zero-order valence-electron chi connectivity index (χ0n) is 14.3. The van der Waals surface area contributed by atoms with Gasteiger partial charge in [-0.3, -0.25) is 4.79 Å². The minimum Gasteiger partial charge on any atom is -0.493 e. The fourth-order valence-corrected chi connectivity index (χ4v) is 2.92. The van der Waals surface area contributed by atoms with Gasteiger partial charge in [-0.15, -0.1) is 0 Å². The number of hydrogen-bond acceptors (Lipinski definition) is 4. The van der Waals surface area contributed by atoms with E-state index in [1.54, 1.807) is 14.2 Å². The molecule has 0 bridgehead atoms. The molecule has 0 aliphatic heterocycles. The zero-order chi connectivity index (χ0) is 17.7. The van der Waals surface area contributed by atoms with Gasteiger partial charge in [0.05, 0.1) is 20.3 Å². The van der Waals surface area contributed by atoms with E-state index in [-0.39, 0.29) is 0 Å². The lowest BCUT2D eigenvalue weighted by Gasteiger charge is -2.35. The summed E-state index contributed by atoms with van der Waals surface area (Å²) in [6, 6.07) is 14.6. The Morgan fingerprint density at radius 3 is 2.25 bits per heavy atom. The average molecular weight is 328 g/mol. The van der Waals surface area contributed by atoms with Crippen molar-refractivity contribution in [3.8, 4) is 11.5 Å². The van der Waals surface area contributed by atoms with Crippen LogP contribution in [0.1, 0.15) is 18.1 Å². The third-order valence-electron chi connectivity index (χ3n) is 4.45. The second-order valence-electron chi connectivity index (χ2n) is 6.03. The first-order chi connectivity index (χ1) is 11.4. The Labute approximate surface area is 142 Å². The molecule has 0 aromatic heterocycles. The molecule has 4 N–H and O–H groups in total. The van der Waals surface area contributed by atoms with Crippen molar-refractivity contribution in [2.45, 2.75) is 24.8 Å². The first kappa shape index (κ1) is 17.8. The molecular formula is C19H24N2O3. The largest absolute Gasteiger partial charge is 0.493 e. The van der Waals surface area contributed by atoms with E-state index in [2.05, 4.69) is 0 Å². The number of amides is 1. The molecule has 2 aromatic carbocycles. The monoisotopic (exact) mass is 328 g/mol. The van der Waals surface area contributed by atoms with E-state index >= 15 is 0 Å². The Bertz CT molecular complexity index is 703. The van der Waals surface area contributed by atoms with Crippen molar-refractivity contribution in [2.75, 3.05) is 14.2 Å². The molecule has 0 saturated heterocycles. The maximum atomic E-state index is 11.8. The average Bonchev–Trinajstić information content (AvgIpc) is 2.60. The van der Waals surface area contributed by atoms with Crippen molar-refractivity contribution < 1.29 is 14.3 Å². The van der Waals surface area contributed by atoms with Gasteiger partial charge < -0.3 is 20.9 Å². The van der Waals surface area contributed by atoms with Crippen LogP contribution in [-0.2, 0) is 16.6 Å². The summed E-state index contributed by atoms with van der Waals surface area (Å²) in [5.41, 5.74) is 13.0. The summed E-state index contributed by atoms with van der Waals surface area (Å²) in [5.74, 6) is 0.671. The van der Waals surface area contributed by atoms with Gasteiger partial charge in [0.15, 0.2) is 11.5 Å². The molecule has 0 radical (unpaired) electrons. The van der Waals surface area contributed by atoms with Crippen LogP contribution in [0.3, 0.4) is 0 Å². The van der Waals surface area contributed by atoms with Crippen LogP contribution in [0.5, 0.6) is 11.5 Å². The second kappa shape index (κ2) is 7.36. The molecule has 0 aliphatic rings. The highest BCUT2D eigenvalue weighted by atomic mass is 16.5. The number of rotatable bonds is 7. The van der Waals surface area contributed by atoms with Crippen molar-refractivity contribution in [3.63, 3.8) is 0 Å². The lowest BCUT2D eigenvalue weighted by Crippen LogP contribution is -2.52. The zero-order valence-corrected chi connectivity index (χ0v) is 14.3. The summed E-state index contributed by atoms with van der Waals surface area (Å²) in [4.78, 5) is 11.8. The van der Waals surface area contributed by atoms with Gasteiger partial charge in [-0.05, 0) is 29.7 Å². The van der Waals surface area contributed by atoms with E-state index in [0.29, 0.717) is 17.9 Å². The molecule has 2 aromatic rings. The first-order valence-electron chi connectivity index (χ1n) is 7.73. The normalized spacial score (nSPS) is 14.5. The summed E-state index contributed by atoms with van der Waals surface area (Å²) in [6.45, 7) is 1.94. The summed E-state index contributed by atoms with van der Waals surface area (Å²) in [5, 5.41) is 0. The maximum absolute atomic E-state index is 11.8. The van der Waals surface area contributed by atoms with E-state index in [1.165, 1.54) is 0 Å². The highest BCUT2D eigenvalue weighted by Gasteiger charge is 2.38. The fourth-order valence-electron chi connectivity index (χ4n) is 2.92. The van der Waals surface area contributed by atoms with Gasteiger partial charge in [0.2, 0.25) is 5.91 Å². The first-order valence-corrected chi connectivity index (χ1v) is 7.73. The molecule has 2 atom stereocenters. The van der Waals surface area contributed by atoms with Gasteiger partial charge in [0.1, 0.15) is 0 Å². The van der Waals surface area contributed by atoms with Gasteiger partial charge >= 0.3 is 0 Å². The Hall–Kier alpha value is -2.53. The summed E-state index contributed by atoms with van der Waals surface area (Å²) in [7, 11) is 3.15. The minimum atomic E-state index is -0.837. The third kappa shape index (κ3) is 3.51. The molecule has 5 nitrogen and oxygen atoms in total. The molecule has 0 aliphatic carbocycles. The van der Waals surface area contributed by atoms with Gasteiger partial charge in [-0.1, -0.05) is 43.3 Å². The van der Waals surface area contributed by atoms with Gasteiger partial charge in [0, 0.05) is 5.41 Å². The topological polar surface area (TPSA) is 87.6 Å². The SMILES string of the molecule is COc1ccc(C(C)(Cc2ccccc2)C(N)C(N)=O)cc1OC. The van der Waals surface area contributed by atoms with Crippen LogP contribution in [-0.4, -0.2) is 26.2 Å². The summed E-state index contributed by atoms with van der Waals surface area (Å²) >= 11 is 0. The van der Waals surface area contributed by atoms with E-state index in [9.17, 15) is 4.79 Å². The third-order valence-corrected chi connectivity index (χ3v) is 4.45. The van der Waals surface area contributed by atoms with E-state index < -0.39 is 17.4 Å². The second-order valence-corrected chi connectivity index (χ2v) is 6.03. The molecule has 0 spiro atoms. The highest BCUT2D eigenvalue weighted by Crippen LogP contribution is 2.36. The number of ether oxygens (including phenoxy) is 2. The molecule has 0 heterocycles. The number of methoxy groups -OCH3 is 2. The Balaban J connectivity index is 2.52. The molecule has 2 unspecified atom stereocenters. The predicted molar refractivity (Wildman–Crippen MR) is 94.2 cm³/mol. The van der Waals surface area contributed by atoms with E-state index in [4.69, 9.17) is 20.9 Å². The lowest BCUT2D eigenvalue weighted by atomic mass is 9.71. The van der Waals surface area contributed by atoms with Gasteiger partial charge in [0.25, 0.3) is 0 Å². The molecule has 128 valence electrons. The van der Waals surface area contributed by atoms with Crippen LogP contribution in [0.2, 0.25) is 0 Å². The fraction of sp³-hybridized carbons (Fsp3) is 0.316. The van der Waals surface area contributed by atoms with Crippen LogP contribution in [0.25, 0.3) is 0 Å². The number of hydrogen-bond donors (Lipinski definition) is 2. The van der Waals surface area contributed by atoms with Gasteiger partial charge in [-0.25, -0.2) is 0 Å². The number of carbonyl (C=O) groups is 1. The molecule has 1 amide bonds. The van der Waals surface area contributed by atoms with Crippen molar-refractivity contribution >= 4 is 5.91 Å². The highest BCUT2D eigenvalue weighted by molar-refractivity contribution is 5.82. The number of nitrogens with two attached hydrogens (primary N) is 2. The minimum absolute atomic E-state index is 0.539. The van der Waals surface area contributed by atoms with Crippen molar-refractivity contribution in [1.82, 2.24) is 0 Å². The number of primary amides is 1. The van der Waals surface area contributed by atoms with E-state index in [0.717, 1.165) is 11.1 Å². The molecule has 0 fully saturated rings. The van der Waals surface area contributed by atoms with Crippen LogP contribution < -0.4 is 20.9 Å². The Morgan fingerprint density at radius 1 is 1.08 bits per heavy atom. The van der Waals surface area contributed by atoms with Gasteiger partial charge in [-0.2, -0.15) is 0 Å². The molecule has 24 heavy (non-hydrogen) atoms. The Morgan fingerprint density at radius 2 is 1.71 bits per heavy atom. The molecule has 2 rings (SSSR count). The van der Waals surface area contributed by atoms with Crippen LogP contribution in [0, 0.1) is 0 Å².